The van der Waals surface area contributed by atoms with Crippen molar-refractivity contribution < 1.29 is 21.9 Å². The van der Waals surface area contributed by atoms with Gasteiger partial charge in [0.1, 0.15) is 11.5 Å². The summed E-state index contributed by atoms with van der Waals surface area (Å²) in [6, 6.07) is 0. The molecule has 0 spiro atoms. The van der Waals surface area contributed by atoms with E-state index in [0.29, 0.717) is 25.6 Å². The minimum atomic E-state index is -0.408. The molecule has 0 atom stereocenters. The van der Waals surface area contributed by atoms with Crippen LogP contribution in [0.25, 0.3) is 0 Å². The molecule has 0 saturated heterocycles. The van der Waals surface area contributed by atoms with Gasteiger partial charge >= 0.3 is 0 Å². The first-order valence-electron chi connectivity index (χ1n) is 8.31. The average molecular weight is 395 g/mol. The topological polar surface area (TPSA) is 76.7 Å². The first-order valence-corrected chi connectivity index (χ1v) is 10.6. The lowest BCUT2D eigenvalue weighted by atomic mass is 10.2. The van der Waals surface area contributed by atoms with Crippen LogP contribution in [-0.2, 0) is 19.1 Å². The monoisotopic (exact) mass is 394 g/mol. The van der Waals surface area contributed by atoms with Gasteiger partial charge in [0.05, 0.1) is 25.6 Å². The molecule has 0 rings (SSSR count). The van der Waals surface area contributed by atoms with Crippen LogP contribution in [0.15, 0.2) is 0 Å². The van der Waals surface area contributed by atoms with E-state index in [4.69, 9.17) is 9.47 Å². The summed E-state index contributed by atoms with van der Waals surface area (Å²) in [6.45, 7) is 10.7. The lowest BCUT2D eigenvalue weighted by Gasteiger charge is -2.24. The molecule has 0 radical (unpaired) electrons. The summed E-state index contributed by atoms with van der Waals surface area (Å²) in [5.41, 5.74) is 0. The van der Waals surface area contributed by atoms with Crippen molar-refractivity contribution in [3.63, 3.8) is 0 Å². The van der Waals surface area contributed by atoms with Gasteiger partial charge in [-0.05, 0) is 13.8 Å². The summed E-state index contributed by atoms with van der Waals surface area (Å²) < 4.78 is 11.0. The fourth-order valence-electron chi connectivity index (χ4n) is 1.39. The Morgan fingerprint density at radius 2 is 1.92 bits per heavy atom. The van der Waals surface area contributed by atoms with E-state index >= 15 is 0 Å². The Morgan fingerprint density at radius 3 is 2.56 bits per heavy atom. The summed E-state index contributed by atoms with van der Waals surface area (Å²) in [7, 11) is 3.07. The Kier molecular flexibility index (Phi) is 13.8. The van der Waals surface area contributed by atoms with Crippen molar-refractivity contribution in [3.8, 4) is 11.8 Å². The molecule has 0 aromatic heterocycles. The number of hydrogen-bond donors (Lipinski definition) is 2. The zero-order valence-corrected chi connectivity index (χ0v) is 17.4. The second-order valence-electron chi connectivity index (χ2n) is 5.83. The van der Waals surface area contributed by atoms with Crippen molar-refractivity contribution in [2.75, 3.05) is 32.2 Å². The van der Waals surface area contributed by atoms with E-state index in [1.54, 1.807) is 10.8 Å². The van der Waals surface area contributed by atoms with Crippen LogP contribution >= 0.6 is 21.6 Å². The normalized spacial score (nSPS) is 11.0. The average Bonchev–Trinajstić information content (AvgIpc) is 2.55. The third-order valence-electron chi connectivity index (χ3n) is 2.68. The summed E-state index contributed by atoms with van der Waals surface area (Å²) in [5, 5.41) is 5.49. The smallest absolute Gasteiger partial charge is 0.246 e. The van der Waals surface area contributed by atoms with Gasteiger partial charge in [0.15, 0.2) is 0 Å². The fraction of sp³-hybridized carbons (Fsp3) is 0.765. The second-order valence-corrected chi connectivity index (χ2v) is 8.71. The highest BCUT2D eigenvalue weighted by atomic mass is 33.1. The van der Waals surface area contributed by atoms with Crippen LogP contribution in [0.3, 0.4) is 0 Å². The Bertz CT molecular complexity index is 470. The number of carbonyl (C=O) groups is 2. The highest BCUT2D eigenvalue weighted by Gasteiger charge is 2.19. The molecule has 148 valence electrons. The Balaban J connectivity index is -0.00000288. The van der Waals surface area contributed by atoms with Crippen molar-refractivity contribution >= 4 is 33.4 Å². The van der Waals surface area contributed by atoms with E-state index in [1.807, 2.05) is 34.6 Å². The van der Waals surface area contributed by atoms with Gasteiger partial charge in [0.2, 0.25) is 11.8 Å². The molecule has 0 aliphatic heterocycles. The Hall–Kier alpha value is -0.880. The Morgan fingerprint density at radius 1 is 1.20 bits per heavy atom. The molecule has 0 aromatic carbocycles. The molecular formula is C17H34N2O4S2. The predicted octanol–water partition coefficient (Wildman–Crippen LogP) is 2.89. The standard InChI is InChI=1S/C17H30N2O4S2.2H2/c1-6-7-8-9-18-15(20)12-22-10-11-23-17(4,5)25-24-13-19-16(21)14(2)3;;/h14H,6,9-13H2,1-5H3,(H,18,20)(H,19,21);2*1H. The highest BCUT2D eigenvalue weighted by Crippen LogP contribution is 2.35. The SMILES string of the molecule is CCC#CCNC(=O)COCCOC(C)(C)SSCNC(=O)C(C)C.[HH].[HH]. The van der Waals surface area contributed by atoms with Crippen molar-refractivity contribution in [1.82, 2.24) is 10.6 Å². The number of amides is 2. The largest absolute Gasteiger partial charge is 0.369 e. The number of nitrogens with one attached hydrogen (secondary N) is 2. The van der Waals surface area contributed by atoms with E-state index < -0.39 is 4.93 Å². The molecule has 2 amide bonds. The summed E-state index contributed by atoms with van der Waals surface area (Å²) >= 11 is 0. The zero-order chi connectivity index (χ0) is 19.1. The molecule has 2 N–H and O–H groups in total. The van der Waals surface area contributed by atoms with Gasteiger partial charge in [-0.25, -0.2) is 0 Å². The van der Waals surface area contributed by atoms with Crippen LogP contribution in [0.2, 0.25) is 0 Å². The molecule has 0 bridgehead atoms. The van der Waals surface area contributed by atoms with Crippen molar-refractivity contribution in [2.24, 2.45) is 5.92 Å². The van der Waals surface area contributed by atoms with E-state index in [1.165, 1.54) is 10.8 Å². The number of hydrogen-bond acceptors (Lipinski definition) is 6. The summed E-state index contributed by atoms with van der Waals surface area (Å²) in [4.78, 5) is 22.5. The van der Waals surface area contributed by atoms with Gasteiger partial charge in [-0.15, -0.1) is 5.92 Å². The second kappa shape index (κ2) is 14.3. The van der Waals surface area contributed by atoms with E-state index in [9.17, 15) is 9.59 Å². The van der Waals surface area contributed by atoms with Crippen LogP contribution in [0.1, 0.15) is 43.9 Å². The first kappa shape index (κ1) is 24.1. The maximum absolute atomic E-state index is 11.5. The molecule has 0 aliphatic rings. The van der Waals surface area contributed by atoms with E-state index in [0.717, 1.165) is 6.42 Å². The van der Waals surface area contributed by atoms with E-state index in [-0.39, 0.29) is 27.2 Å². The first-order chi connectivity index (χ1) is 11.8. The molecule has 8 heteroatoms. The quantitative estimate of drug-likeness (QED) is 0.229. The number of carbonyl (C=O) groups excluding carboxylic acids is 2. The molecule has 6 nitrogen and oxygen atoms in total. The fourth-order valence-corrected chi connectivity index (χ4v) is 3.42. The third-order valence-corrected chi connectivity index (χ3v) is 5.49. The number of ether oxygens (including phenoxy) is 2. The van der Waals surface area contributed by atoms with Gasteiger partial charge < -0.3 is 20.1 Å². The van der Waals surface area contributed by atoms with Crippen LogP contribution in [0.4, 0.5) is 0 Å². The van der Waals surface area contributed by atoms with Crippen LogP contribution in [0.5, 0.6) is 0 Å². The maximum Gasteiger partial charge on any atom is 0.246 e. The van der Waals surface area contributed by atoms with Crippen LogP contribution < -0.4 is 10.6 Å². The predicted molar refractivity (Wildman–Crippen MR) is 109 cm³/mol. The zero-order valence-electron chi connectivity index (χ0n) is 15.8. The van der Waals surface area contributed by atoms with Gasteiger partial charge in [-0.1, -0.05) is 48.3 Å². The van der Waals surface area contributed by atoms with Gasteiger partial charge in [-0.3, -0.25) is 9.59 Å². The van der Waals surface area contributed by atoms with Crippen LogP contribution in [-0.4, -0.2) is 49.0 Å². The van der Waals surface area contributed by atoms with E-state index in [2.05, 4.69) is 22.5 Å². The lowest BCUT2D eigenvalue weighted by molar-refractivity contribution is -0.126. The van der Waals surface area contributed by atoms with Gasteiger partial charge in [-0.2, -0.15) is 0 Å². The summed E-state index contributed by atoms with van der Waals surface area (Å²) in [5.74, 6) is 6.09. The lowest BCUT2D eigenvalue weighted by Crippen LogP contribution is -2.29. The molecule has 0 aromatic rings. The highest BCUT2D eigenvalue weighted by molar-refractivity contribution is 8.77. The number of rotatable bonds is 12. The third kappa shape index (κ3) is 15.1. The minimum Gasteiger partial charge on any atom is -0.369 e. The van der Waals surface area contributed by atoms with Crippen LogP contribution in [0, 0.1) is 17.8 Å². The molecular weight excluding hydrogens is 360 g/mol. The minimum absolute atomic E-state index is 0. The Labute approximate surface area is 162 Å². The molecule has 0 fully saturated rings. The molecule has 0 heterocycles. The van der Waals surface area contributed by atoms with Gasteiger partial charge in [0, 0.05) is 15.2 Å². The van der Waals surface area contributed by atoms with Crippen molar-refractivity contribution in [3.05, 3.63) is 0 Å². The van der Waals surface area contributed by atoms with Crippen molar-refractivity contribution in [1.29, 1.82) is 0 Å². The van der Waals surface area contributed by atoms with Crippen molar-refractivity contribution in [2.45, 2.75) is 46.0 Å². The maximum atomic E-state index is 11.5. The molecule has 0 aliphatic carbocycles. The molecule has 0 saturated carbocycles. The summed E-state index contributed by atoms with van der Waals surface area (Å²) in [6.07, 6.45) is 0.778. The molecule has 25 heavy (non-hydrogen) atoms. The molecule has 0 unspecified atom stereocenters. The van der Waals surface area contributed by atoms with Gasteiger partial charge in [0.25, 0.3) is 0 Å².